The number of hydrogen-bond donors (Lipinski definition) is 3. The summed E-state index contributed by atoms with van der Waals surface area (Å²) in [6, 6.07) is 0. The van der Waals surface area contributed by atoms with Crippen molar-refractivity contribution < 1.29 is 80.2 Å². The lowest BCUT2D eigenvalue weighted by Gasteiger charge is -2.21. The van der Waals surface area contributed by atoms with Crippen LogP contribution < -0.4 is 0 Å². The normalized spacial score (nSPS) is 14.0. The molecule has 0 saturated heterocycles. The molecule has 0 aliphatic carbocycles. The number of unbranched alkanes of at least 4 members (excludes halogenated alkanes) is 45. The number of rotatable bonds is 75. The van der Waals surface area contributed by atoms with Gasteiger partial charge in [-0.05, 0) is 37.5 Å². The topological polar surface area (TPSA) is 237 Å². The lowest BCUT2D eigenvalue weighted by atomic mass is 10.0. The highest BCUT2D eigenvalue weighted by Crippen LogP contribution is 2.45. The van der Waals surface area contributed by atoms with Gasteiger partial charge >= 0.3 is 39.5 Å². The van der Waals surface area contributed by atoms with Crippen LogP contribution in [0.25, 0.3) is 0 Å². The van der Waals surface area contributed by atoms with E-state index in [9.17, 15) is 43.2 Å². The number of hydrogen-bond acceptors (Lipinski definition) is 15. The standard InChI is InChI=1S/C76H148O17P2/c1-7-9-11-13-15-17-19-21-22-23-24-25-26-27-28-29-31-33-35-40-48-54-60-75(80)92-71(64-86-73(78)58-52-46-39-34-32-30-20-18-16-14-12-10-8-2)66-90-94(82,83)88-62-70(77)63-89-95(84,85)91-67-72(65-87-74(79)59-53-47-43-42-45-51-57-69(5)6)93-76(81)61-55-49-41-37-36-38-44-50-56-68(3)4/h68-72,77H,7-67H2,1-6H3,(H,82,83)(H,84,85)/t70-,71-,72-/m1/s1. The van der Waals surface area contributed by atoms with E-state index in [1.807, 2.05) is 0 Å². The first-order chi connectivity index (χ1) is 45.9. The number of aliphatic hydroxyl groups excluding tert-OH is 1. The fourth-order valence-electron chi connectivity index (χ4n) is 11.7. The van der Waals surface area contributed by atoms with Gasteiger partial charge in [0.2, 0.25) is 0 Å². The maximum absolute atomic E-state index is 13.1. The number of phosphoric ester groups is 2. The summed E-state index contributed by atoms with van der Waals surface area (Å²) in [5.74, 6) is -0.723. The monoisotopic (exact) mass is 1400 g/mol. The third-order valence-electron chi connectivity index (χ3n) is 17.7. The smallest absolute Gasteiger partial charge is 0.462 e. The van der Waals surface area contributed by atoms with Crippen molar-refractivity contribution >= 4 is 39.5 Å². The molecule has 0 aliphatic rings. The number of ether oxygens (including phenoxy) is 4. The van der Waals surface area contributed by atoms with E-state index in [4.69, 9.17) is 37.0 Å². The summed E-state index contributed by atoms with van der Waals surface area (Å²) >= 11 is 0. The van der Waals surface area contributed by atoms with E-state index in [1.165, 1.54) is 205 Å². The fourth-order valence-corrected chi connectivity index (χ4v) is 13.2. The van der Waals surface area contributed by atoms with Crippen LogP contribution in [-0.2, 0) is 65.4 Å². The van der Waals surface area contributed by atoms with Crippen molar-refractivity contribution in [2.75, 3.05) is 39.6 Å². The molecule has 5 atom stereocenters. The van der Waals surface area contributed by atoms with Crippen LogP contribution in [0.4, 0.5) is 0 Å². The van der Waals surface area contributed by atoms with Crippen molar-refractivity contribution in [3.05, 3.63) is 0 Å². The minimum absolute atomic E-state index is 0.104. The summed E-state index contributed by atoms with van der Waals surface area (Å²) in [6.45, 7) is 9.46. The molecule has 19 heteroatoms. The van der Waals surface area contributed by atoms with E-state index < -0.39 is 97.5 Å². The predicted molar refractivity (Wildman–Crippen MR) is 386 cm³/mol. The van der Waals surface area contributed by atoms with Crippen LogP contribution in [0.5, 0.6) is 0 Å². The van der Waals surface area contributed by atoms with Crippen molar-refractivity contribution in [2.24, 2.45) is 11.8 Å². The molecule has 0 aliphatic heterocycles. The SMILES string of the molecule is CCCCCCCCCCCCCCCCCCCCCCCCC(=O)O[C@H](COC(=O)CCCCCCCCCCCCCCC)COP(=O)(O)OC[C@@H](O)COP(=O)(O)OC[C@@H](COC(=O)CCCCCCCCC(C)C)OC(=O)CCCCCCCCCCC(C)C. The van der Waals surface area contributed by atoms with E-state index in [0.29, 0.717) is 31.6 Å². The van der Waals surface area contributed by atoms with E-state index in [2.05, 4.69) is 41.5 Å². The number of phosphoric acid groups is 2. The highest BCUT2D eigenvalue weighted by molar-refractivity contribution is 7.47. The molecule has 0 bridgehead atoms. The molecule has 0 radical (unpaired) electrons. The van der Waals surface area contributed by atoms with Crippen LogP contribution in [0.1, 0.15) is 395 Å². The Morgan fingerprint density at radius 2 is 0.484 bits per heavy atom. The van der Waals surface area contributed by atoms with Crippen molar-refractivity contribution in [3.63, 3.8) is 0 Å². The number of carbonyl (C=O) groups excluding carboxylic acids is 4. The zero-order valence-corrected chi connectivity index (χ0v) is 63.8. The molecule has 0 aromatic heterocycles. The number of aliphatic hydroxyl groups is 1. The van der Waals surface area contributed by atoms with Gasteiger partial charge in [0.15, 0.2) is 12.2 Å². The first-order valence-electron chi connectivity index (χ1n) is 39.5. The van der Waals surface area contributed by atoms with Gasteiger partial charge in [-0.15, -0.1) is 0 Å². The molecule has 0 amide bonds. The molecule has 0 rings (SSSR count). The highest BCUT2D eigenvalue weighted by Gasteiger charge is 2.30. The Hall–Kier alpha value is -1.94. The van der Waals surface area contributed by atoms with E-state index >= 15 is 0 Å². The molecule has 564 valence electrons. The van der Waals surface area contributed by atoms with E-state index in [1.54, 1.807) is 0 Å². The molecule has 0 spiro atoms. The van der Waals surface area contributed by atoms with Gasteiger partial charge in [0.25, 0.3) is 0 Å². The lowest BCUT2D eigenvalue weighted by Crippen LogP contribution is -2.30. The van der Waals surface area contributed by atoms with Gasteiger partial charge in [-0.2, -0.15) is 0 Å². The number of carbonyl (C=O) groups is 4. The van der Waals surface area contributed by atoms with Gasteiger partial charge in [0.05, 0.1) is 26.4 Å². The Kier molecular flexibility index (Phi) is 66.5. The molecular weight excluding hydrogens is 1250 g/mol. The Balaban J connectivity index is 5.17. The van der Waals surface area contributed by atoms with Crippen molar-refractivity contribution in [2.45, 2.75) is 413 Å². The average Bonchev–Trinajstić information content (AvgIpc) is 1.41. The van der Waals surface area contributed by atoms with Crippen molar-refractivity contribution in [1.82, 2.24) is 0 Å². The van der Waals surface area contributed by atoms with Gasteiger partial charge in [-0.1, -0.05) is 343 Å². The van der Waals surface area contributed by atoms with E-state index in [-0.39, 0.29) is 25.7 Å². The molecule has 3 N–H and O–H groups in total. The van der Waals surface area contributed by atoms with Crippen LogP contribution in [0.15, 0.2) is 0 Å². The summed E-state index contributed by atoms with van der Waals surface area (Å²) in [6.07, 6.45) is 55.9. The molecule has 95 heavy (non-hydrogen) atoms. The minimum Gasteiger partial charge on any atom is -0.462 e. The molecule has 0 heterocycles. The Bertz CT molecular complexity index is 1840. The molecule has 0 fully saturated rings. The van der Waals surface area contributed by atoms with Crippen LogP contribution in [0, 0.1) is 11.8 Å². The molecule has 17 nitrogen and oxygen atoms in total. The molecule has 0 saturated carbocycles. The zero-order valence-electron chi connectivity index (χ0n) is 62.0. The summed E-state index contributed by atoms with van der Waals surface area (Å²) in [5.41, 5.74) is 0. The van der Waals surface area contributed by atoms with E-state index in [0.717, 1.165) is 102 Å². The van der Waals surface area contributed by atoms with Gasteiger partial charge in [0, 0.05) is 25.7 Å². The minimum atomic E-state index is -4.96. The molecular formula is C76H148O17P2. The van der Waals surface area contributed by atoms with Gasteiger partial charge in [0.1, 0.15) is 19.3 Å². The van der Waals surface area contributed by atoms with Crippen LogP contribution in [0.3, 0.4) is 0 Å². The van der Waals surface area contributed by atoms with Crippen molar-refractivity contribution in [3.8, 4) is 0 Å². The second-order valence-corrected chi connectivity index (χ2v) is 31.3. The number of esters is 4. The summed E-state index contributed by atoms with van der Waals surface area (Å²) < 4.78 is 68.4. The highest BCUT2D eigenvalue weighted by atomic mass is 31.2. The Morgan fingerprint density at radius 1 is 0.284 bits per heavy atom. The van der Waals surface area contributed by atoms with Crippen LogP contribution in [-0.4, -0.2) is 96.7 Å². The second-order valence-electron chi connectivity index (χ2n) is 28.3. The molecule has 0 aromatic rings. The zero-order chi connectivity index (χ0) is 70.0. The average molecular weight is 1400 g/mol. The third-order valence-corrected chi connectivity index (χ3v) is 19.6. The fraction of sp³-hybridized carbons (Fsp3) is 0.947. The molecule has 2 unspecified atom stereocenters. The third kappa shape index (κ3) is 70.3. The van der Waals surface area contributed by atoms with Crippen molar-refractivity contribution in [1.29, 1.82) is 0 Å². The second kappa shape index (κ2) is 67.9. The summed E-state index contributed by atoms with van der Waals surface area (Å²) in [5, 5.41) is 10.6. The maximum Gasteiger partial charge on any atom is 0.472 e. The quantitative estimate of drug-likeness (QED) is 0.0222. The first kappa shape index (κ1) is 93.1. The van der Waals surface area contributed by atoms with Gasteiger partial charge in [-0.3, -0.25) is 37.3 Å². The predicted octanol–water partition coefficient (Wildman–Crippen LogP) is 22.3. The van der Waals surface area contributed by atoms with Gasteiger partial charge < -0.3 is 33.8 Å². The van der Waals surface area contributed by atoms with Crippen LogP contribution in [0.2, 0.25) is 0 Å². The molecule has 0 aromatic carbocycles. The maximum atomic E-state index is 13.1. The largest absolute Gasteiger partial charge is 0.472 e. The lowest BCUT2D eigenvalue weighted by molar-refractivity contribution is -0.161. The summed E-state index contributed by atoms with van der Waals surface area (Å²) in [7, 11) is -9.91. The Morgan fingerprint density at radius 3 is 0.716 bits per heavy atom. The summed E-state index contributed by atoms with van der Waals surface area (Å²) in [4.78, 5) is 72.7. The first-order valence-corrected chi connectivity index (χ1v) is 42.5. The van der Waals surface area contributed by atoms with Crippen LogP contribution >= 0.6 is 15.6 Å². The van der Waals surface area contributed by atoms with Gasteiger partial charge in [-0.25, -0.2) is 9.13 Å². The Labute approximate surface area is 581 Å².